The van der Waals surface area contributed by atoms with E-state index < -0.39 is 21.7 Å². The molecule has 0 saturated carbocycles. The number of sulfonamides is 1. The van der Waals surface area contributed by atoms with Gasteiger partial charge in [0.1, 0.15) is 5.82 Å². The van der Waals surface area contributed by atoms with E-state index in [4.69, 9.17) is 5.14 Å². The third-order valence-electron chi connectivity index (χ3n) is 3.24. The van der Waals surface area contributed by atoms with E-state index in [1.807, 2.05) is 20.8 Å². The van der Waals surface area contributed by atoms with Gasteiger partial charge in [0.15, 0.2) is 0 Å². The first kappa shape index (κ1) is 16.6. The van der Waals surface area contributed by atoms with Gasteiger partial charge in [-0.25, -0.2) is 17.9 Å². The predicted octanol–water partition coefficient (Wildman–Crippen LogP) is 1.50. The molecule has 0 aliphatic heterocycles. The molecule has 1 aromatic carbocycles. The molecule has 1 amide bonds. The number of carbonyl (C=O) groups is 1. The number of hydrogen-bond acceptors (Lipinski definition) is 3. The molecule has 1 unspecified atom stereocenters. The van der Waals surface area contributed by atoms with Crippen LogP contribution < -0.4 is 10.5 Å². The normalized spacial score (nSPS) is 13.3. The number of nitrogens with two attached hydrogens (primary N) is 1. The van der Waals surface area contributed by atoms with Crippen LogP contribution in [0.5, 0.6) is 0 Å². The summed E-state index contributed by atoms with van der Waals surface area (Å²) < 4.78 is 35.9. The molecule has 0 bridgehead atoms. The zero-order valence-corrected chi connectivity index (χ0v) is 12.5. The van der Waals surface area contributed by atoms with Gasteiger partial charge < -0.3 is 5.32 Å². The van der Waals surface area contributed by atoms with E-state index in [2.05, 4.69) is 5.32 Å². The Labute approximate surface area is 118 Å². The smallest absolute Gasteiger partial charge is 0.254 e. The van der Waals surface area contributed by atoms with Crippen molar-refractivity contribution < 1.29 is 17.6 Å². The van der Waals surface area contributed by atoms with Gasteiger partial charge in [0, 0.05) is 6.54 Å². The van der Waals surface area contributed by atoms with E-state index >= 15 is 0 Å². The molecular formula is C13H19FN2O3S. The molecule has 0 aliphatic rings. The molecule has 0 heterocycles. The summed E-state index contributed by atoms with van der Waals surface area (Å²) in [5.74, 6) is -0.835. The van der Waals surface area contributed by atoms with Crippen LogP contribution in [0.4, 0.5) is 4.39 Å². The van der Waals surface area contributed by atoms with Crippen molar-refractivity contribution in [2.24, 2.45) is 17.0 Å². The molecule has 1 atom stereocenters. The fraction of sp³-hybridized carbons (Fsp3) is 0.462. The summed E-state index contributed by atoms with van der Waals surface area (Å²) in [6.45, 7) is 6.45. The van der Waals surface area contributed by atoms with Crippen molar-refractivity contribution in [3.05, 3.63) is 29.6 Å². The van der Waals surface area contributed by atoms with Crippen LogP contribution in [0.25, 0.3) is 0 Å². The summed E-state index contributed by atoms with van der Waals surface area (Å²) in [5.41, 5.74) is -0.201. The second-order valence-corrected chi connectivity index (χ2v) is 6.68. The van der Waals surface area contributed by atoms with Crippen molar-refractivity contribution in [3.8, 4) is 0 Å². The van der Waals surface area contributed by atoms with Crippen molar-refractivity contribution in [1.82, 2.24) is 5.32 Å². The van der Waals surface area contributed by atoms with Crippen LogP contribution in [0.15, 0.2) is 23.1 Å². The van der Waals surface area contributed by atoms with E-state index in [-0.39, 0.29) is 16.4 Å². The Kier molecular flexibility index (Phi) is 5.24. The van der Waals surface area contributed by atoms with Crippen LogP contribution >= 0.6 is 0 Å². The average molecular weight is 302 g/mol. The molecule has 20 heavy (non-hydrogen) atoms. The highest BCUT2D eigenvalue weighted by molar-refractivity contribution is 7.89. The monoisotopic (exact) mass is 302 g/mol. The number of carbonyl (C=O) groups excluding carboxylic acids is 1. The number of benzene rings is 1. The van der Waals surface area contributed by atoms with Gasteiger partial charge in [-0.1, -0.05) is 20.8 Å². The van der Waals surface area contributed by atoms with E-state index in [1.165, 1.54) is 0 Å². The van der Waals surface area contributed by atoms with Gasteiger partial charge in [-0.15, -0.1) is 0 Å². The molecule has 0 fully saturated rings. The predicted molar refractivity (Wildman–Crippen MR) is 74.1 cm³/mol. The Hall–Kier alpha value is -1.47. The highest BCUT2D eigenvalue weighted by Crippen LogP contribution is 2.14. The minimum Gasteiger partial charge on any atom is -0.352 e. The van der Waals surface area contributed by atoms with Crippen LogP contribution in [0, 0.1) is 17.7 Å². The minimum atomic E-state index is -3.98. The number of amides is 1. The van der Waals surface area contributed by atoms with Crippen molar-refractivity contribution in [1.29, 1.82) is 0 Å². The van der Waals surface area contributed by atoms with E-state index in [0.29, 0.717) is 12.5 Å². The van der Waals surface area contributed by atoms with E-state index in [0.717, 1.165) is 18.2 Å². The molecule has 7 heteroatoms. The zero-order valence-electron chi connectivity index (χ0n) is 11.7. The SMILES string of the molecule is CC(C)C(C)CNC(=O)c1ccc(S(N)(=O)=O)cc1F. The Morgan fingerprint density at radius 1 is 1.35 bits per heavy atom. The maximum atomic E-state index is 13.7. The Morgan fingerprint density at radius 3 is 2.40 bits per heavy atom. The minimum absolute atomic E-state index is 0.201. The molecule has 3 N–H and O–H groups in total. The zero-order chi connectivity index (χ0) is 15.5. The number of hydrogen-bond donors (Lipinski definition) is 2. The van der Waals surface area contributed by atoms with Gasteiger partial charge in [-0.05, 0) is 30.0 Å². The van der Waals surface area contributed by atoms with Crippen molar-refractivity contribution >= 4 is 15.9 Å². The lowest BCUT2D eigenvalue weighted by Gasteiger charge is -2.16. The van der Waals surface area contributed by atoms with Crippen molar-refractivity contribution in [3.63, 3.8) is 0 Å². The third kappa shape index (κ3) is 4.28. The van der Waals surface area contributed by atoms with Crippen LogP contribution in [0.3, 0.4) is 0 Å². The Morgan fingerprint density at radius 2 is 1.95 bits per heavy atom. The van der Waals surface area contributed by atoms with Crippen molar-refractivity contribution in [2.45, 2.75) is 25.7 Å². The van der Waals surface area contributed by atoms with Gasteiger partial charge in [-0.2, -0.15) is 0 Å². The lowest BCUT2D eigenvalue weighted by molar-refractivity contribution is 0.0940. The first-order valence-electron chi connectivity index (χ1n) is 6.23. The first-order valence-corrected chi connectivity index (χ1v) is 7.78. The molecule has 112 valence electrons. The molecule has 0 saturated heterocycles. The standard InChI is InChI=1S/C13H19FN2O3S/c1-8(2)9(3)7-16-13(17)11-5-4-10(6-12(11)14)20(15,18)19/h4-6,8-9H,7H2,1-3H3,(H,16,17)(H2,15,18,19). The van der Waals surface area contributed by atoms with E-state index in [9.17, 15) is 17.6 Å². The van der Waals surface area contributed by atoms with E-state index in [1.54, 1.807) is 0 Å². The summed E-state index contributed by atoms with van der Waals surface area (Å²) in [6.07, 6.45) is 0. The first-order chi connectivity index (χ1) is 9.12. The molecule has 0 aromatic heterocycles. The van der Waals surface area contributed by atoms with Gasteiger partial charge in [0.05, 0.1) is 10.5 Å². The molecule has 0 aliphatic carbocycles. The largest absolute Gasteiger partial charge is 0.352 e. The second kappa shape index (κ2) is 6.32. The molecular weight excluding hydrogens is 283 g/mol. The van der Waals surface area contributed by atoms with Gasteiger partial charge in [0.2, 0.25) is 10.0 Å². The maximum absolute atomic E-state index is 13.7. The third-order valence-corrected chi connectivity index (χ3v) is 4.15. The summed E-state index contributed by atoms with van der Waals surface area (Å²) in [7, 11) is -3.98. The number of halogens is 1. The highest BCUT2D eigenvalue weighted by atomic mass is 32.2. The van der Waals surface area contributed by atoms with Crippen LogP contribution in [-0.4, -0.2) is 20.9 Å². The summed E-state index contributed by atoms with van der Waals surface area (Å²) in [6, 6.07) is 2.97. The fourth-order valence-corrected chi connectivity index (χ4v) is 1.97. The fourth-order valence-electron chi connectivity index (χ4n) is 1.44. The van der Waals surface area contributed by atoms with Crippen molar-refractivity contribution in [2.75, 3.05) is 6.54 Å². The van der Waals surface area contributed by atoms with Crippen LogP contribution in [0.1, 0.15) is 31.1 Å². The topological polar surface area (TPSA) is 89.3 Å². The summed E-state index contributed by atoms with van der Waals surface area (Å²) in [5, 5.41) is 7.51. The highest BCUT2D eigenvalue weighted by Gasteiger charge is 2.17. The number of primary sulfonamides is 1. The quantitative estimate of drug-likeness (QED) is 0.863. The lowest BCUT2D eigenvalue weighted by atomic mass is 9.98. The Balaban J connectivity index is 2.85. The van der Waals surface area contributed by atoms with Gasteiger partial charge in [-0.3, -0.25) is 4.79 Å². The van der Waals surface area contributed by atoms with Crippen LogP contribution in [0.2, 0.25) is 0 Å². The van der Waals surface area contributed by atoms with Gasteiger partial charge in [0.25, 0.3) is 5.91 Å². The van der Waals surface area contributed by atoms with Gasteiger partial charge >= 0.3 is 0 Å². The lowest BCUT2D eigenvalue weighted by Crippen LogP contribution is -2.30. The number of nitrogens with one attached hydrogen (secondary N) is 1. The summed E-state index contributed by atoms with van der Waals surface area (Å²) >= 11 is 0. The maximum Gasteiger partial charge on any atom is 0.254 e. The number of rotatable bonds is 5. The molecule has 1 rings (SSSR count). The second-order valence-electron chi connectivity index (χ2n) is 5.12. The van der Waals surface area contributed by atoms with Crippen LogP contribution in [-0.2, 0) is 10.0 Å². The molecule has 1 aromatic rings. The molecule has 5 nitrogen and oxygen atoms in total. The molecule has 0 radical (unpaired) electrons. The average Bonchev–Trinajstić information content (AvgIpc) is 2.34. The Bertz CT molecular complexity index is 600. The molecule has 0 spiro atoms. The summed E-state index contributed by atoms with van der Waals surface area (Å²) in [4.78, 5) is 11.5.